The summed E-state index contributed by atoms with van der Waals surface area (Å²) in [7, 11) is 0. The standard InChI is InChI=1S/C10H18ClN5O2/c1-2-12-9-14-8(11)15-10(16-9)13-4-3-6-18-7-5-17/h17H,2-7H2,1H3,(H2,12,13,14,15,16). The van der Waals surface area contributed by atoms with E-state index in [2.05, 4.69) is 25.6 Å². The van der Waals surface area contributed by atoms with Gasteiger partial charge in [0.25, 0.3) is 0 Å². The van der Waals surface area contributed by atoms with Crippen molar-refractivity contribution >= 4 is 23.5 Å². The topological polar surface area (TPSA) is 92.2 Å². The van der Waals surface area contributed by atoms with Crippen LogP contribution in [0.2, 0.25) is 5.28 Å². The van der Waals surface area contributed by atoms with E-state index in [1.54, 1.807) is 0 Å². The third-order valence-electron chi connectivity index (χ3n) is 1.93. The molecule has 7 nitrogen and oxygen atoms in total. The maximum atomic E-state index is 8.52. The summed E-state index contributed by atoms with van der Waals surface area (Å²) in [4.78, 5) is 12.0. The number of rotatable bonds is 9. The van der Waals surface area contributed by atoms with E-state index in [9.17, 15) is 0 Å². The van der Waals surface area contributed by atoms with Crippen LogP contribution in [-0.2, 0) is 4.74 Å². The van der Waals surface area contributed by atoms with Crippen LogP contribution < -0.4 is 10.6 Å². The van der Waals surface area contributed by atoms with E-state index in [0.29, 0.717) is 31.7 Å². The monoisotopic (exact) mass is 275 g/mol. The lowest BCUT2D eigenvalue weighted by molar-refractivity contribution is 0.0921. The molecular weight excluding hydrogens is 258 g/mol. The Morgan fingerprint density at radius 1 is 1.17 bits per heavy atom. The zero-order chi connectivity index (χ0) is 13.2. The molecule has 0 fully saturated rings. The predicted molar refractivity (Wildman–Crippen MR) is 70.0 cm³/mol. The molecule has 0 saturated heterocycles. The van der Waals surface area contributed by atoms with Gasteiger partial charge in [-0.1, -0.05) is 0 Å². The molecule has 1 rings (SSSR count). The molecule has 102 valence electrons. The molecule has 1 aromatic heterocycles. The Hall–Kier alpha value is -1.18. The third-order valence-corrected chi connectivity index (χ3v) is 2.10. The smallest absolute Gasteiger partial charge is 0.228 e. The van der Waals surface area contributed by atoms with Crippen LogP contribution in [0.25, 0.3) is 0 Å². The summed E-state index contributed by atoms with van der Waals surface area (Å²) in [6, 6.07) is 0. The van der Waals surface area contributed by atoms with Crippen molar-refractivity contribution in [2.75, 3.05) is 43.5 Å². The number of aliphatic hydroxyl groups is 1. The van der Waals surface area contributed by atoms with E-state index in [4.69, 9.17) is 21.4 Å². The lowest BCUT2D eigenvalue weighted by atomic mass is 10.4. The summed E-state index contributed by atoms with van der Waals surface area (Å²) >= 11 is 5.77. The van der Waals surface area contributed by atoms with Gasteiger partial charge in [0.1, 0.15) is 0 Å². The zero-order valence-corrected chi connectivity index (χ0v) is 11.1. The van der Waals surface area contributed by atoms with Crippen molar-refractivity contribution in [2.45, 2.75) is 13.3 Å². The minimum atomic E-state index is 0.0442. The van der Waals surface area contributed by atoms with Crippen molar-refractivity contribution in [1.82, 2.24) is 15.0 Å². The molecule has 0 atom stereocenters. The summed E-state index contributed by atoms with van der Waals surface area (Å²) in [6.45, 7) is 4.31. The van der Waals surface area contributed by atoms with Gasteiger partial charge in [-0.05, 0) is 24.9 Å². The summed E-state index contributed by atoms with van der Waals surface area (Å²) in [5.41, 5.74) is 0. The highest BCUT2D eigenvalue weighted by atomic mass is 35.5. The SMILES string of the molecule is CCNc1nc(Cl)nc(NCCCOCCO)n1. The van der Waals surface area contributed by atoms with Crippen molar-refractivity contribution in [1.29, 1.82) is 0 Å². The highest BCUT2D eigenvalue weighted by molar-refractivity contribution is 6.28. The van der Waals surface area contributed by atoms with Crippen molar-refractivity contribution in [2.24, 2.45) is 0 Å². The van der Waals surface area contributed by atoms with Crippen LogP contribution in [0.3, 0.4) is 0 Å². The molecule has 0 aliphatic carbocycles. The minimum Gasteiger partial charge on any atom is -0.394 e. The van der Waals surface area contributed by atoms with Gasteiger partial charge in [0, 0.05) is 19.7 Å². The average Bonchev–Trinajstić information content (AvgIpc) is 2.33. The Labute approximate surface area is 111 Å². The number of halogens is 1. The average molecular weight is 276 g/mol. The van der Waals surface area contributed by atoms with Gasteiger partial charge in [0.15, 0.2) is 0 Å². The largest absolute Gasteiger partial charge is 0.394 e. The Morgan fingerprint density at radius 3 is 2.56 bits per heavy atom. The van der Waals surface area contributed by atoms with Crippen LogP contribution in [0.4, 0.5) is 11.9 Å². The van der Waals surface area contributed by atoms with Gasteiger partial charge in [-0.3, -0.25) is 0 Å². The first kappa shape index (κ1) is 14.9. The van der Waals surface area contributed by atoms with Crippen LogP contribution >= 0.6 is 11.6 Å². The lowest BCUT2D eigenvalue weighted by Gasteiger charge is -2.07. The van der Waals surface area contributed by atoms with Gasteiger partial charge in [0.2, 0.25) is 17.2 Å². The number of hydrogen-bond donors (Lipinski definition) is 3. The molecule has 0 spiro atoms. The summed E-state index contributed by atoms with van der Waals surface area (Å²) in [5.74, 6) is 0.893. The van der Waals surface area contributed by atoms with Crippen LogP contribution in [0.1, 0.15) is 13.3 Å². The maximum Gasteiger partial charge on any atom is 0.228 e. The Kier molecular flexibility index (Phi) is 7.31. The lowest BCUT2D eigenvalue weighted by Crippen LogP contribution is -2.11. The number of hydrogen-bond acceptors (Lipinski definition) is 7. The Balaban J connectivity index is 2.32. The van der Waals surface area contributed by atoms with Crippen molar-refractivity contribution in [3.8, 4) is 0 Å². The van der Waals surface area contributed by atoms with Crippen molar-refractivity contribution in [3.63, 3.8) is 0 Å². The second-order valence-electron chi connectivity index (χ2n) is 3.40. The van der Waals surface area contributed by atoms with E-state index < -0.39 is 0 Å². The second kappa shape index (κ2) is 8.84. The molecule has 18 heavy (non-hydrogen) atoms. The van der Waals surface area contributed by atoms with Gasteiger partial charge in [0.05, 0.1) is 13.2 Å². The van der Waals surface area contributed by atoms with Crippen LogP contribution in [0, 0.1) is 0 Å². The quantitative estimate of drug-likeness (QED) is 0.573. The number of nitrogens with one attached hydrogen (secondary N) is 2. The van der Waals surface area contributed by atoms with E-state index in [1.807, 2.05) is 6.92 Å². The Morgan fingerprint density at radius 2 is 1.89 bits per heavy atom. The fourth-order valence-corrected chi connectivity index (χ4v) is 1.37. The zero-order valence-electron chi connectivity index (χ0n) is 10.3. The fraction of sp³-hybridized carbons (Fsp3) is 0.700. The molecule has 3 N–H and O–H groups in total. The first-order valence-electron chi connectivity index (χ1n) is 5.84. The minimum absolute atomic E-state index is 0.0442. The van der Waals surface area contributed by atoms with Crippen molar-refractivity contribution < 1.29 is 9.84 Å². The molecule has 0 aromatic carbocycles. The number of anilines is 2. The highest BCUT2D eigenvalue weighted by Crippen LogP contribution is 2.09. The van der Waals surface area contributed by atoms with Crippen LogP contribution in [0.15, 0.2) is 0 Å². The van der Waals surface area contributed by atoms with Crippen LogP contribution in [0.5, 0.6) is 0 Å². The molecule has 0 radical (unpaired) electrons. The van der Waals surface area contributed by atoms with Gasteiger partial charge in [-0.25, -0.2) is 0 Å². The molecule has 1 heterocycles. The summed E-state index contributed by atoms with van der Waals surface area (Å²) < 4.78 is 5.13. The molecule has 8 heteroatoms. The molecule has 0 amide bonds. The van der Waals surface area contributed by atoms with Crippen LogP contribution in [-0.4, -0.2) is 53.0 Å². The third kappa shape index (κ3) is 5.95. The van der Waals surface area contributed by atoms with Gasteiger partial charge in [-0.2, -0.15) is 15.0 Å². The first-order valence-corrected chi connectivity index (χ1v) is 6.22. The second-order valence-corrected chi connectivity index (χ2v) is 3.74. The number of nitrogens with zero attached hydrogens (tertiary/aromatic N) is 3. The molecule has 0 saturated carbocycles. The predicted octanol–water partition coefficient (Wildman–Crippen LogP) is 0.768. The van der Waals surface area contributed by atoms with E-state index in [1.165, 1.54) is 0 Å². The summed E-state index contributed by atoms with van der Waals surface area (Å²) in [5, 5.41) is 14.7. The van der Waals surface area contributed by atoms with Gasteiger partial charge < -0.3 is 20.5 Å². The number of aromatic nitrogens is 3. The normalized spacial score (nSPS) is 10.4. The molecule has 0 aliphatic heterocycles. The molecule has 0 aliphatic rings. The highest BCUT2D eigenvalue weighted by Gasteiger charge is 2.03. The van der Waals surface area contributed by atoms with Gasteiger partial charge >= 0.3 is 0 Å². The number of ether oxygens (including phenoxy) is 1. The summed E-state index contributed by atoms with van der Waals surface area (Å²) in [6.07, 6.45) is 0.792. The van der Waals surface area contributed by atoms with E-state index in [0.717, 1.165) is 13.0 Å². The van der Waals surface area contributed by atoms with Gasteiger partial charge in [-0.15, -0.1) is 0 Å². The van der Waals surface area contributed by atoms with Crippen molar-refractivity contribution in [3.05, 3.63) is 5.28 Å². The Bertz CT molecular complexity index is 353. The first-order chi connectivity index (χ1) is 8.76. The maximum absolute atomic E-state index is 8.52. The fourth-order valence-electron chi connectivity index (χ4n) is 1.21. The molecule has 0 bridgehead atoms. The molecular formula is C10H18ClN5O2. The van der Waals surface area contributed by atoms with E-state index in [-0.39, 0.29) is 11.9 Å². The number of aliphatic hydroxyl groups excluding tert-OH is 1. The molecule has 0 unspecified atom stereocenters. The molecule has 1 aromatic rings. The van der Waals surface area contributed by atoms with E-state index >= 15 is 0 Å².